The quantitative estimate of drug-likeness (QED) is 0.458. The van der Waals surface area contributed by atoms with Gasteiger partial charge in [0.2, 0.25) is 0 Å². The van der Waals surface area contributed by atoms with Crippen LogP contribution < -0.4 is 0 Å². The van der Waals surface area contributed by atoms with E-state index in [2.05, 4.69) is 6.58 Å². The minimum Gasteiger partial charge on any atom is -0.461 e. The van der Waals surface area contributed by atoms with E-state index in [4.69, 9.17) is 14.9 Å². The summed E-state index contributed by atoms with van der Waals surface area (Å²) in [6.07, 6.45) is 0.789. The summed E-state index contributed by atoms with van der Waals surface area (Å²) in [4.78, 5) is 11.0. The molecule has 0 aromatic rings. The van der Waals surface area contributed by atoms with Crippen molar-refractivity contribution in [2.45, 2.75) is 19.4 Å². The van der Waals surface area contributed by atoms with Gasteiger partial charge in [0.25, 0.3) is 0 Å². The van der Waals surface area contributed by atoms with E-state index in [1.165, 1.54) is 13.0 Å². The summed E-state index contributed by atoms with van der Waals surface area (Å²) in [7, 11) is 0. The van der Waals surface area contributed by atoms with Gasteiger partial charge in [-0.3, -0.25) is 4.79 Å². The molecule has 0 fully saturated rings. The summed E-state index contributed by atoms with van der Waals surface area (Å²) in [5.41, 5.74) is 0. The second-order valence-corrected chi connectivity index (χ2v) is 2.86. The highest BCUT2D eigenvalue weighted by Gasteiger charge is 2.18. The van der Waals surface area contributed by atoms with Crippen molar-refractivity contribution in [1.82, 2.24) is 0 Å². The Morgan fingerprint density at radius 2 is 2.31 bits per heavy atom. The number of aliphatic hydroxyl groups excluding tert-OH is 2. The van der Waals surface area contributed by atoms with Crippen molar-refractivity contribution in [3.05, 3.63) is 12.7 Å². The Labute approximate surface area is 77.8 Å². The molecule has 2 atom stereocenters. The lowest BCUT2D eigenvalue weighted by atomic mass is 10.0. The molecule has 0 aliphatic carbocycles. The molecule has 2 N–H and O–H groups in total. The fourth-order valence-corrected chi connectivity index (χ4v) is 0.813. The first-order valence-corrected chi connectivity index (χ1v) is 4.17. The molecule has 0 saturated heterocycles. The summed E-state index contributed by atoms with van der Waals surface area (Å²) in [5.74, 6) is -0.878. The van der Waals surface area contributed by atoms with Gasteiger partial charge in [-0.2, -0.15) is 0 Å². The topological polar surface area (TPSA) is 66.8 Å². The van der Waals surface area contributed by atoms with Crippen LogP contribution in [0.2, 0.25) is 0 Å². The molecule has 0 aromatic heterocycles. The standard InChI is InChI=1S/C9H16O4/c1-3-4-13-9(12)5-8(6-10)7(2)11/h3,7-8,10-11H,1,4-6H2,2H3/t7-,8-/m0/s1. The van der Waals surface area contributed by atoms with Gasteiger partial charge in [-0.25, -0.2) is 0 Å². The molecule has 4 nitrogen and oxygen atoms in total. The fourth-order valence-electron chi connectivity index (χ4n) is 0.813. The van der Waals surface area contributed by atoms with Crippen molar-refractivity contribution in [2.75, 3.05) is 13.2 Å². The monoisotopic (exact) mass is 188 g/mol. The lowest BCUT2D eigenvalue weighted by molar-refractivity contribution is -0.145. The fraction of sp³-hybridized carbons (Fsp3) is 0.667. The largest absolute Gasteiger partial charge is 0.461 e. The van der Waals surface area contributed by atoms with Gasteiger partial charge in [0.1, 0.15) is 6.61 Å². The van der Waals surface area contributed by atoms with Crippen LogP contribution >= 0.6 is 0 Å². The summed E-state index contributed by atoms with van der Waals surface area (Å²) in [5, 5.41) is 17.9. The van der Waals surface area contributed by atoms with E-state index in [1.807, 2.05) is 0 Å². The zero-order chi connectivity index (χ0) is 10.3. The van der Waals surface area contributed by atoms with Gasteiger partial charge in [-0.05, 0) is 6.92 Å². The van der Waals surface area contributed by atoms with Crippen LogP contribution in [0.15, 0.2) is 12.7 Å². The van der Waals surface area contributed by atoms with Crippen LogP contribution in [-0.4, -0.2) is 35.5 Å². The summed E-state index contributed by atoms with van der Waals surface area (Å²) in [6, 6.07) is 0. The molecule has 0 aromatic carbocycles. The van der Waals surface area contributed by atoms with Crippen molar-refractivity contribution in [2.24, 2.45) is 5.92 Å². The summed E-state index contributed by atoms with van der Waals surface area (Å²) in [6.45, 7) is 4.86. The second kappa shape index (κ2) is 6.62. The van der Waals surface area contributed by atoms with E-state index in [0.29, 0.717) is 0 Å². The third kappa shape index (κ3) is 5.38. The lowest BCUT2D eigenvalue weighted by Crippen LogP contribution is -2.24. The van der Waals surface area contributed by atoms with Crippen LogP contribution in [0.4, 0.5) is 0 Å². The Hall–Kier alpha value is -0.870. The highest BCUT2D eigenvalue weighted by Crippen LogP contribution is 2.08. The molecule has 0 radical (unpaired) electrons. The average molecular weight is 188 g/mol. The maximum Gasteiger partial charge on any atom is 0.306 e. The molecule has 4 heteroatoms. The number of rotatable bonds is 6. The molecule has 0 bridgehead atoms. The normalized spacial score (nSPS) is 14.7. The molecule has 13 heavy (non-hydrogen) atoms. The molecule has 0 rings (SSSR count). The van der Waals surface area contributed by atoms with Crippen LogP contribution in [0.3, 0.4) is 0 Å². The highest BCUT2D eigenvalue weighted by molar-refractivity contribution is 5.69. The Morgan fingerprint density at radius 3 is 2.69 bits per heavy atom. The first-order valence-electron chi connectivity index (χ1n) is 4.17. The van der Waals surface area contributed by atoms with E-state index in [9.17, 15) is 4.79 Å². The van der Waals surface area contributed by atoms with Crippen LogP contribution in [0.5, 0.6) is 0 Å². The Balaban J connectivity index is 3.79. The number of aliphatic hydroxyl groups is 2. The van der Waals surface area contributed by atoms with E-state index in [1.54, 1.807) is 0 Å². The Kier molecular flexibility index (Phi) is 6.18. The number of esters is 1. The average Bonchev–Trinajstić information content (AvgIpc) is 2.10. The van der Waals surface area contributed by atoms with Crippen LogP contribution in [0, 0.1) is 5.92 Å². The minimum atomic E-state index is -0.707. The molecule has 0 heterocycles. The van der Waals surface area contributed by atoms with Crippen LogP contribution in [0.1, 0.15) is 13.3 Å². The van der Waals surface area contributed by atoms with Gasteiger partial charge in [0.15, 0.2) is 0 Å². The number of carbonyl (C=O) groups is 1. The third-order valence-corrected chi connectivity index (χ3v) is 1.71. The predicted molar refractivity (Wildman–Crippen MR) is 48.0 cm³/mol. The van der Waals surface area contributed by atoms with Crippen molar-refractivity contribution in [1.29, 1.82) is 0 Å². The molecule has 0 spiro atoms. The van der Waals surface area contributed by atoms with Crippen molar-refractivity contribution >= 4 is 5.97 Å². The van der Waals surface area contributed by atoms with Gasteiger partial charge in [-0.1, -0.05) is 12.7 Å². The van der Waals surface area contributed by atoms with Gasteiger partial charge in [-0.15, -0.1) is 0 Å². The van der Waals surface area contributed by atoms with Gasteiger partial charge in [0, 0.05) is 12.5 Å². The van der Waals surface area contributed by atoms with E-state index in [-0.39, 0.29) is 19.6 Å². The van der Waals surface area contributed by atoms with Crippen molar-refractivity contribution < 1.29 is 19.7 Å². The van der Waals surface area contributed by atoms with Crippen molar-refractivity contribution in [3.8, 4) is 0 Å². The molecular formula is C9H16O4. The summed E-state index contributed by atoms with van der Waals surface area (Å²) >= 11 is 0. The molecule has 0 unspecified atom stereocenters. The van der Waals surface area contributed by atoms with Gasteiger partial charge < -0.3 is 14.9 Å². The van der Waals surface area contributed by atoms with Gasteiger partial charge in [0.05, 0.1) is 12.5 Å². The zero-order valence-electron chi connectivity index (χ0n) is 7.77. The smallest absolute Gasteiger partial charge is 0.306 e. The van der Waals surface area contributed by atoms with Crippen LogP contribution in [-0.2, 0) is 9.53 Å². The Bertz CT molecular complexity index is 165. The first kappa shape index (κ1) is 12.1. The molecule has 0 aliphatic rings. The molecule has 0 saturated carbocycles. The Morgan fingerprint density at radius 1 is 1.69 bits per heavy atom. The molecule has 76 valence electrons. The summed E-state index contributed by atoms with van der Waals surface area (Å²) < 4.78 is 4.69. The number of ether oxygens (including phenoxy) is 1. The maximum atomic E-state index is 11.0. The van der Waals surface area contributed by atoms with E-state index < -0.39 is 18.0 Å². The third-order valence-electron chi connectivity index (χ3n) is 1.71. The molecule has 0 aliphatic heterocycles. The number of hydrogen-bond donors (Lipinski definition) is 2. The maximum absolute atomic E-state index is 11.0. The van der Waals surface area contributed by atoms with E-state index in [0.717, 1.165) is 0 Å². The minimum absolute atomic E-state index is 0.0298. The highest BCUT2D eigenvalue weighted by atomic mass is 16.5. The van der Waals surface area contributed by atoms with E-state index >= 15 is 0 Å². The number of hydrogen-bond acceptors (Lipinski definition) is 4. The molecular weight excluding hydrogens is 172 g/mol. The number of carbonyl (C=O) groups excluding carboxylic acids is 1. The van der Waals surface area contributed by atoms with Gasteiger partial charge >= 0.3 is 5.97 Å². The zero-order valence-corrected chi connectivity index (χ0v) is 7.77. The second-order valence-electron chi connectivity index (χ2n) is 2.86. The first-order chi connectivity index (χ1) is 6.11. The molecule has 0 amide bonds. The van der Waals surface area contributed by atoms with Crippen molar-refractivity contribution in [3.63, 3.8) is 0 Å². The predicted octanol–water partition coefficient (Wildman–Crippen LogP) is 0.0950. The SMILES string of the molecule is C=CCOC(=O)C[C@@H](CO)[C@H](C)O. The lowest BCUT2D eigenvalue weighted by Gasteiger charge is -2.15. The van der Waals surface area contributed by atoms with Crippen LogP contribution in [0.25, 0.3) is 0 Å².